The number of carboxylic acid groups (broad SMARTS) is 1. The zero-order valence-electron chi connectivity index (χ0n) is 27.6. The molecule has 0 spiro atoms. The SMILES string of the molecule is CN1CCN(C(=O)c2c[nH]c3ncnc(Nc4cc5c(cc4F)CN=C5)c23)CC1.O=C(O)c1c[nH]c2ncnc(Nc3cc4c(cc3F)CN=C4)c12. The fourth-order valence-electron chi connectivity index (χ4n) is 6.34. The summed E-state index contributed by atoms with van der Waals surface area (Å²) in [6, 6.07) is 6.24. The van der Waals surface area contributed by atoms with E-state index in [2.05, 4.69) is 55.4 Å². The van der Waals surface area contributed by atoms with Crippen LogP contribution in [-0.2, 0) is 13.1 Å². The molecular formula is C35H30F2N12O3. The molecule has 6 aromatic rings. The number of carbonyl (C=O) groups is 2. The Morgan fingerprint density at radius 2 is 1.23 bits per heavy atom. The quantitative estimate of drug-likeness (QED) is 0.163. The summed E-state index contributed by atoms with van der Waals surface area (Å²) >= 11 is 0. The lowest BCUT2D eigenvalue weighted by Gasteiger charge is -2.32. The number of aromatic nitrogens is 6. The number of aromatic amines is 2. The van der Waals surface area contributed by atoms with Crippen molar-refractivity contribution in [2.24, 2.45) is 9.98 Å². The standard InChI is InChI=1S/C20H20FN7O.C15H10FN5O2/c1-27-2-4-28(5-3-27)20(29)14-10-23-18-17(14)19(25-11-24-18)26-16-7-13-9-22-8-12(13)6-15(16)21;16-10-1-7-3-17-4-8(7)2-11(10)21-14-12-9(15(22)23)5-18-13(12)19-6-20-14/h6-7,9-11H,2-5,8H2,1H3,(H2,23,24,25,26);1-2,4-6H,3H2,(H,22,23)(H2,18,19,20,21). The van der Waals surface area contributed by atoms with Gasteiger partial charge in [-0.2, -0.15) is 0 Å². The first kappa shape index (κ1) is 32.6. The van der Waals surface area contributed by atoms with Crippen LogP contribution in [0, 0.1) is 11.6 Å². The van der Waals surface area contributed by atoms with Gasteiger partial charge in [0, 0.05) is 51.0 Å². The number of nitrogens with zero attached hydrogens (tertiary/aromatic N) is 8. The number of fused-ring (bicyclic) bond motifs is 4. The van der Waals surface area contributed by atoms with Crippen molar-refractivity contribution in [2.45, 2.75) is 13.1 Å². The first-order valence-electron chi connectivity index (χ1n) is 16.3. The number of carboxylic acids is 1. The smallest absolute Gasteiger partial charge is 0.338 e. The molecule has 1 fully saturated rings. The Bertz CT molecular complexity index is 2450. The van der Waals surface area contributed by atoms with Gasteiger partial charge in [0.15, 0.2) is 0 Å². The molecule has 1 saturated heterocycles. The number of rotatable bonds is 6. The molecule has 2 aromatic carbocycles. The van der Waals surface area contributed by atoms with Crippen LogP contribution in [0.15, 0.2) is 59.3 Å². The fourth-order valence-corrected chi connectivity index (χ4v) is 6.34. The molecule has 262 valence electrons. The first-order valence-corrected chi connectivity index (χ1v) is 16.3. The van der Waals surface area contributed by atoms with Crippen LogP contribution in [0.2, 0.25) is 0 Å². The molecule has 4 aromatic heterocycles. The lowest BCUT2D eigenvalue weighted by Crippen LogP contribution is -2.47. The summed E-state index contributed by atoms with van der Waals surface area (Å²) in [6.45, 7) is 3.95. The second-order valence-corrected chi connectivity index (χ2v) is 12.4. The van der Waals surface area contributed by atoms with Gasteiger partial charge < -0.3 is 35.5 Å². The van der Waals surface area contributed by atoms with Crippen LogP contribution in [0.5, 0.6) is 0 Å². The molecular weight excluding hydrogens is 674 g/mol. The van der Waals surface area contributed by atoms with E-state index in [4.69, 9.17) is 0 Å². The van der Waals surface area contributed by atoms with Crippen molar-refractivity contribution in [3.8, 4) is 0 Å². The van der Waals surface area contributed by atoms with E-state index in [-0.39, 0.29) is 34.5 Å². The zero-order chi connectivity index (χ0) is 35.9. The van der Waals surface area contributed by atoms with Crippen molar-refractivity contribution in [2.75, 3.05) is 43.9 Å². The summed E-state index contributed by atoms with van der Waals surface area (Å²) in [4.78, 5) is 59.0. The normalized spacial score (nSPS) is 14.7. The molecule has 3 aliphatic rings. The van der Waals surface area contributed by atoms with Crippen LogP contribution in [0.1, 0.15) is 43.0 Å². The minimum Gasteiger partial charge on any atom is -0.478 e. The Hall–Kier alpha value is -6.62. The highest BCUT2D eigenvalue weighted by Gasteiger charge is 2.25. The Morgan fingerprint density at radius 1 is 0.731 bits per heavy atom. The molecule has 7 heterocycles. The summed E-state index contributed by atoms with van der Waals surface area (Å²) in [6.07, 6.45) is 9.05. The van der Waals surface area contributed by atoms with Gasteiger partial charge in [0.25, 0.3) is 5.91 Å². The summed E-state index contributed by atoms with van der Waals surface area (Å²) in [5.74, 6) is -1.42. The monoisotopic (exact) mass is 704 g/mol. The molecule has 0 saturated carbocycles. The van der Waals surface area contributed by atoms with Crippen LogP contribution in [0.4, 0.5) is 31.8 Å². The van der Waals surface area contributed by atoms with Gasteiger partial charge >= 0.3 is 5.97 Å². The van der Waals surface area contributed by atoms with Gasteiger partial charge in [0.2, 0.25) is 0 Å². The first-order chi connectivity index (χ1) is 25.2. The van der Waals surface area contributed by atoms with E-state index in [0.717, 1.165) is 35.3 Å². The second kappa shape index (κ2) is 13.3. The van der Waals surface area contributed by atoms with Gasteiger partial charge in [0.05, 0.1) is 46.4 Å². The van der Waals surface area contributed by atoms with Crippen molar-refractivity contribution in [1.82, 2.24) is 39.7 Å². The third kappa shape index (κ3) is 6.06. The van der Waals surface area contributed by atoms with Gasteiger partial charge in [-0.3, -0.25) is 14.8 Å². The molecule has 0 unspecified atom stereocenters. The number of anilines is 4. The van der Waals surface area contributed by atoms with E-state index < -0.39 is 11.8 Å². The minimum atomic E-state index is -1.12. The van der Waals surface area contributed by atoms with Crippen LogP contribution < -0.4 is 10.6 Å². The molecule has 0 bridgehead atoms. The maximum Gasteiger partial charge on any atom is 0.338 e. The van der Waals surface area contributed by atoms with E-state index in [1.54, 1.807) is 30.8 Å². The number of carbonyl (C=O) groups excluding carboxylic acids is 1. The second-order valence-electron chi connectivity index (χ2n) is 12.4. The van der Waals surface area contributed by atoms with Crippen molar-refractivity contribution in [3.63, 3.8) is 0 Å². The molecule has 52 heavy (non-hydrogen) atoms. The Balaban J connectivity index is 0.000000153. The largest absolute Gasteiger partial charge is 0.478 e. The number of hydrogen-bond acceptors (Lipinski definition) is 11. The van der Waals surface area contributed by atoms with Gasteiger partial charge in [-0.1, -0.05) is 0 Å². The van der Waals surface area contributed by atoms with Crippen LogP contribution in [-0.4, -0.2) is 102 Å². The summed E-state index contributed by atoms with van der Waals surface area (Å²) in [5.41, 5.74) is 5.26. The van der Waals surface area contributed by atoms with E-state index >= 15 is 0 Å². The molecule has 0 atom stereocenters. The van der Waals surface area contributed by atoms with Gasteiger partial charge in [0.1, 0.15) is 47.2 Å². The third-order valence-corrected chi connectivity index (χ3v) is 9.14. The zero-order valence-corrected chi connectivity index (χ0v) is 27.6. The number of H-pyrrole nitrogens is 2. The number of likely N-dealkylation sites (N-methyl/N-ethyl adjacent to an activating group) is 1. The number of halogens is 2. The van der Waals surface area contributed by atoms with Crippen LogP contribution >= 0.6 is 0 Å². The minimum absolute atomic E-state index is 0.0197. The van der Waals surface area contributed by atoms with Crippen molar-refractivity contribution >= 4 is 69.4 Å². The molecule has 0 aliphatic carbocycles. The number of piperazine rings is 1. The molecule has 3 aliphatic heterocycles. The van der Waals surface area contributed by atoms with Gasteiger partial charge in [-0.05, 0) is 53.6 Å². The maximum absolute atomic E-state index is 14.6. The highest BCUT2D eigenvalue weighted by Crippen LogP contribution is 2.32. The topological polar surface area (TPSA) is 193 Å². The highest BCUT2D eigenvalue weighted by atomic mass is 19.1. The summed E-state index contributed by atoms with van der Waals surface area (Å²) < 4.78 is 28.8. The molecule has 1 amide bonds. The molecule has 9 rings (SSSR count). The number of hydrogen-bond donors (Lipinski definition) is 5. The predicted octanol–water partition coefficient (Wildman–Crippen LogP) is 4.63. The Labute approximate surface area is 293 Å². The molecule has 15 nitrogen and oxygen atoms in total. The van der Waals surface area contributed by atoms with E-state index in [9.17, 15) is 23.5 Å². The van der Waals surface area contributed by atoms with Crippen LogP contribution in [0.25, 0.3) is 22.1 Å². The van der Waals surface area contributed by atoms with E-state index in [1.165, 1.54) is 31.0 Å². The number of benzene rings is 2. The third-order valence-electron chi connectivity index (χ3n) is 9.14. The number of nitrogens with one attached hydrogen (secondary N) is 4. The predicted molar refractivity (Wildman–Crippen MR) is 190 cm³/mol. The van der Waals surface area contributed by atoms with Crippen LogP contribution in [0.3, 0.4) is 0 Å². The number of amides is 1. The lowest BCUT2D eigenvalue weighted by molar-refractivity contribution is 0.0664. The maximum atomic E-state index is 14.6. The summed E-state index contributed by atoms with van der Waals surface area (Å²) in [5, 5.41) is 16.0. The lowest BCUT2D eigenvalue weighted by atomic mass is 10.1. The van der Waals surface area contributed by atoms with Crippen molar-refractivity contribution in [1.29, 1.82) is 0 Å². The van der Waals surface area contributed by atoms with Gasteiger partial charge in [-0.25, -0.2) is 33.5 Å². The number of aromatic carboxylic acids is 1. The highest BCUT2D eigenvalue weighted by molar-refractivity contribution is 6.10. The molecule has 0 radical (unpaired) electrons. The average Bonchev–Trinajstić information content (AvgIpc) is 3.96. The molecule has 17 heteroatoms. The molecule has 5 N–H and O–H groups in total. The van der Waals surface area contributed by atoms with E-state index in [0.29, 0.717) is 59.6 Å². The van der Waals surface area contributed by atoms with Crippen molar-refractivity contribution < 1.29 is 23.5 Å². The fraction of sp³-hybridized carbons (Fsp3) is 0.200. The Morgan fingerprint density at radius 3 is 1.75 bits per heavy atom. The van der Waals surface area contributed by atoms with E-state index in [1.807, 2.05) is 11.9 Å². The van der Waals surface area contributed by atoms with Gasteiger partial charge in [-0.15, -0.1) is 0 Å². The average molecular weight is 705 g/mol. The number of aliphatic imine (C=N–C) groups is 2. The van der Waals surface area contributed by atoms with Crippen molar-refractivity contribution in [3.05, 3.63) is 94.3 Å². The Kier molecular flexibility index (Phi) is 8.30. The summed E-state index contributed by atoms with van der Waals surface area (Å²) in [7, 11) is 2.04.